The second-order valence-corrected chi connectivity index (χ2v) is 10.1. The number of carbonyl (C=O) groups excluding carboxylic acids is 1. The Bertz CT molecular complexity index is 1350. The third-order valence-corrected chi connectivity index (χ3v) is 6.37. The molecule has 0 unspecified atom stereocenters. The van der Waals surface area contributed by atoms with E-state index >= 15 is 0 Å². The number of ether oxygens (including phenoxy) is 3. The largest absolute Gasteiger partial charge is 0.495 e. The number of hydrazone groups is 1. The average Bonchev–Trinajstić information content (AvgIpc) is 2.87. The smallest absolute Gasteiger partial charge is 0.260 e. The van der Waals surface area contributed by atoms with Gasteiger partial charge < -0.3 is 14.2 Å². The number of halogens is 1. The van der Waals surface area contributed by atoms with E-state index in [9.17, 15) is 13.2 Å². The van der Waals surface area contributed by atoms with Crippen LogP contribution in [0, 0.1) is 0 Å². The second kappa shape index (κ2) is 13.0. The number of anilines is 1. The van der Waals surface area contributed by atoms with Crippen LogP contribution in [0.2, 0.25) is 5.02 Å². The highest BCUT2D eigenvalue weighted by atomic mass is 35.5. The third kappa shape index (κ3) is 8.12. The van der Waals surface area contributed by atoms with Crippen molar-refractivity contribution in [2.45, 2.75) is 13.5 Å². The monoisotopic (exact) mass is 545 g/mol. The highest BCUT2D eigenvalue weighted by molar-refractivity contribution is 7.92. The quantitative estimate of drug-likeness (QED) is 0.269. The molecule has 9 nitrogen and oxygen atoms in total. The van der Waals surface area contributed by atoms with E-state index in [0.717, 1.165) is 16.1 Å². The highest BCUT2D eigenvalue weighted by Crippen LogP contribution is 2.32. The fourth-order valence-corrected chi connectivity index (χ4v) is 4.33. The van der Waals surface area contributed by atoms with E-state index in [-0.39, 0.29) is 11.4 Å². The fraction of sp³-hybridized carbons (Fsp3) is 0.231. The van der Waals surface area contributed by atoms with Gasteiger partial charge in [-0.05, 0) is 54.4 Å². The normalized spacial score (nSPS) is 11.2. The number of nitrogens with zero attached hydrogens (tertiary/aromatic N) is 2. The lowest BCUT2D eigenvalue weighted by molar-refractivity contribution is -0.119. The van der Waals surface area contributed by atoms with Crippen LogP contribution in [-0.4, -0.2) is 47.1 Å². The summed E-state index contributed by atoms with van der Waals surface area (Å²) in [5, 5.41) is 4.25. The van der Waals surface area contributed by atoms with Gasteiger partial charge in [-0.15, -0.1) is 0 Å². The number of amides is 1. The van der Waals surface area contributed by atoms with E-state index in [1.807, 2.05) is 37.3 Å². The van der Waals surface area contributed by atoms with E-state index in [2.05, 4.69) is 10.5 Å². The molecule has 0 spiro atoms. The van der Waals surface area contributed by atoms with Crippen molar-refractivity contribution in [2.75, 3.05) is 30.8 Å². The summed E-state index contributed by atoms with van der Waals surface area (Å²) in [6.07, 6.45) is 2.41. The number of carbonyl (C=O) groups is 1. The van der Waals surface area contributed by atoms with Crippen molar-refractivity contribution in [3.63, 3.8) is 0 Å². The van der Waals surface area contributed by atoms with Crippen molar-refractivity contribution in [2.24, 2.45) is 5.10 Å². The van der Waals surface area contributed by atoms with E-state index < -0.39 is 22.5 Å². The molecule has 1 amide bonds. The van der Waals surface area contributed by atoms with Crippen LogP contribution in [0.4, 0.5) is 5.69 Å². The summed E-state index contributed by atoms with van der Waals surface area (Å²) in [6.45, 7) is 2.17. The molecule has 0 aliphatic heterocycles. The first-order valence-electron chi connectivity index (χ1n) is 11.3. The molecule has 11 heteroatoms. The predicted octanol–water partition coefficient (Wildman–Crippen LogP) is 4.24. The van der Waals surface area contributed by atoms with Crippen molar-refractivity contribution in [1.29, 1.82) is 0 Å². The first kappa shape index (κ1) is 27.8. The van der Waals surface area contributed by atoms with Gasteiger partial charge in [0.05, 0.1) is 31.9 Å². The minimum atomic E-state index is -3.83. The second-order valence-electron chi connectivity index (χ2n) is 7.79. The van der Waals surface area contributed by atoms with E-state index in [0.29, 0.717) is 35.3 Å². The zero-order valence-corrected chi connectivity index (χ0v) is 22.3. The van der Waals surface area contributed by atoms with E-state index in [1.165, 1.54) is 25.5 Å². The SMILES string of the molecule is CCOc1cc(/C=N\NC(=O)CN(c2cc(Cl)ccc2OC)S(C)(=O)=O)ccc1OCc1ccccc1. The lowest BCUT2D eigenvalue weighted by Gasteiger charge is -2.23. The van der Waals surface area contributed by atoms with Crippen molar-refractivity contribution in [3.8, 4) is 17.2 Å². The van der Waals surface area contributed by atoms with Gasteiger partial charge in [0, 0.05) is 5.02 Å². The summed E-state index contributed by atoms with van der Waals surface area (Å²) in [7, 11) is -2.44. The molecule has 3 aromatic carbocycles. The van der Waals surface area contributed by atoms with Crippen LogP contribution in [0.25, 0.3) is 0 Å². The highest BCUT2D eigenvalue weighted by Gasteiger charge is 2.24. The fourth-order valence-electron chi connectivity index (χ4n) is 3.31. The van der Waals surface area contributed by atoms with Gasteiger partial charge >= 0.3 is 0 Å². The molecule has 0 bridgehead atoms. The van der Waals surface area contributed by atoms with E-state index in [1.54, 1.807) is 24.3 Å². The molecule has 0 heterocycles. The molecule has 196 valence electrons. The Kier molecular flexibility index (Phi) is 9.76. The zero-order chi connectivity index (χ0) is 26.8. The number of rotatable bonds is 12. The summed E-state index contributed by atoms with van der Waals surface area (Å²) in [5.74, 6) is 0.705. The van der Waals surface area contributed by atoms with Gasteiger partial charge in [-0.2, -0.15) is 5.10 Å². The number of sulfonamides is 1. The van der Waals surface area contributed by atoms with Crippen LogP contribution in [0.1, 0.15) is 18.1 Å². The van der Waals surface area contributed by atoms with Crippen molar-refractivity contribution < 1.29 is 27.4 Å². The van der Waals surface area contributed by atoms with Crippen LogP contribution < -0.4 is 23.9 Å². The van der Waals surface area contributed by atoms with Gasteiger partial charge in [-0.25, -0.2) is 13.8 Å². The summed E-state index contributed by atoms with van der Waals surface area (Å²) in [4.78, 5) is 12.5. The van der Waals surface area contributed by atoms with Crippen molar-refractivity contribution in [3.05, 3.63) is 82.9 Å². The van der Waals surface area contributed by atoms with Gasteiger partial charge in [-0.1, -0.05) is 41.9 Å². The minimum Gasteiger partial charge on any atom is -0.495 e. The third-order valence-electron chi connectivity index (χ3n) is 5.00. The Morgan fingerprint density at radius 1 is 1.03 bits per heavy atom. The molecule has 37 heavy (non-hydrogen) atoms. The van der Waals surface area contributed by atoms with Gasteiger partial charge in [0.15, 0.2) is 11.5 Å². The molecular weight excluding hydrogens is 518 g/mol. The molecule has 0 atom stereocenters. The molecular formula is C26H28ClN3O6S. The molecule has 0 radical (unpaired) electrons. The summed E-state index contributed by atoms with van der Waals surface area (Å²) in [5.41, 5.74) is 4.16. The van der Waals surface area contributed by atoms with Gasteiger partial charge in [0.25, 0.3) is 5.91 Å². The molecule has 0 aromatic heterocycles. The molecule has 0 aliphatic carbocycles. The van der Waals surface area contributed by atoms with Crippen LogP contribution in [0.5, 0.6) is 17.2 Å². The van der Waals surface area contributed by atoms with Crippen molar-refractivity contribution >= 4 is 39.4 Å². The molecule has 0 saturated heterocycles. The molecule has 1 N–H and O–H groups in total. The molecule has 3 aromatic rings. The number of nitrogens with one attached hydrogen (secondary N) is 1. The Hall–Kier alpha value is -3.76. The molecule has 0 saturated carbocycles. The Morgan fingerprint density at radius 2 is 1.76 bits per heavy atom. The average molecular weight is 546 g/mol. The Balaban J connectivity index is 1.69. The first-order chi connectivity index (χ1) is 17.7. The number of hydrogen-bond acceptors (Lipinski definition) is 7. The van der Waals surface area contributed by atoms with Gasteiger partial charge in [-0.3, -0.25) is 9.10 Å². The Morgan fingerprint density at radius 3 is 2.43 bits per heavy atom. The van der Waals surface area contributed by atoms with Crippen LogP contribution in [0.3, 0.4) is 0 Å². The summed E-state index contributed by atoms with van der Waals surface area (Å²) in [6, 6.07) is 19.5. The Labute approximate surface area is 221 Å². The minimum absolute atomic E-state index is 0.143. The number of hydrogen-bond donors (Lipinski definition) is 1. The van der Waals surface area contributed by atoms with Crippen LogP contribution in [-0.2, 0) is 21.4 Å². The van der Waals surface area contributed by atoms with Crippen molar-refractivity contribution in [1.82, 2.24) is 5.43 Å². The topological polar surface area (TPSA) is 107 Å². The zero-order valence-electron chi connectivity index (χ0n) is 20.7. The lowest BCUT2D eigenvalue weighted by Crippen LogP contribution is -2.39. The lowest BCUT2D eigenvalue weighted by atomic mass is 10.2. The number of benzene rings is 3. The molecule has 0 fully saturated rings. The predicted molar refractivity (Wildman–Crippen MR) is 144 cm³/mol. The van der Waals surface area contributed by atoms with Crippen LogP contribution >= 0.6 is 11.6 Å². The molecule has 0 aliphatic rings. The maximum absolute atomic E-state index is 12.5. The standard InChI is InChI=1S/C26H28ClN3O6S/c1-4-35-25-14-20(10-12-24(25)36-18-19-8-6-5-7-9-19)16-28-29-26(31)17-30(37(3,32)33)22-15-21(27)11-13-23(22)34-2/h5-16H,4,17-18H2,1-3H3,(H,29,31)/b28-16-. The number of methoxy groups -OCH3 is 1. The summed E-state index contributed by atoms with van der Waals surface area (Å²) < 4.78 is 42.5. The maximum Gasteiger partial charge on any atom is 0.260 e. The van der Waals surface area contributed by atoms with E-state index in [4.69, 9.17) is 25.8 Å². The summed E-state index contributed by atoms with van der Waals surface area (Å²) >= 11 is 6.03. The van der Waals surface area contributed by atoms with Gasteiger partial charge in [0.1, 0.15) is 18.9 Å². The van der Waals surface area contributed by atoms with Gasteiger partial charge in [0.2, 0.25) is 10.0 Å². The van der Waals surface area contributed by atoms with Crippen LogP contribution in [0.15, 0.2) is 71.8 Å². The first-order valence-corrected chi connectivity index (χ1v) is 13.5. The maximum atomic E-state index is 12.5. The molecule has 3 rings (SSSR count).